The minimum Gasteiger partial charge on any atom is -0.493 e. The maximum atomic E-state index is 11.7. The number of nitro groups is 1. The second-order valence-electron chi connectivity index (χ2n) is 5.46. The van der Waals surface area contributed by atoms with Gasteiger partial charge in [0.15, 0.2) is 17.3 Å². The first kappa shape index (κ1) is 21.8. The molecule has 9 heteroatoms. The van der Waals surface area contributed by atoms with Crippen LogP contribution in [-0.4, -0.2) is 31.2 Å². The number of halogens is 1. The first-order chi connectivity index (χ1) is 13.3. The van der Waals surface area contributed by atoms with Crippen molar-refractivity contribution in [3.05, 3.63) is 55.4 Å². The number of methoxy groups -OCH3 is 2. The lowest BCUT2D eigenvalue weighted by molar-refractivity contribution is -0.386. The van der Waals surface area contributed by atoms with Gasteiger partial charge in [0.25, 0.3) is 0 Å². The molecule has 0 spiro atoms. The van der Waals surface area contributed by atoms with E-state index in [9.17, 15) is 14.9 Å². The van der Waals surface area contributed by atoms with Crippen LogP contribution in [-0.2, 0) is 4.79 Å². The Bertz CT molecular complexity index is 944. The Morgan fingerprint density at radius 1 is 1.14 bits per heavy atom. The number of para-hydroxylation sites is 1. The molecule has 0 N–H and O–H groups in total. The molecule has 2 aromatic rings. The molecule has 148 valence electrons. The molecule has 0 radical (unpaired) electrons. The number of Topliss-reactive ketones (excluding diaryl/α,β-unsaturated/α-hetero) is 1. The van der Waals surface area contributed by atoms with Crippen molar-refractivity contribution < 1.29 is 23.9 Å². The molecule has 0 saturated carbocycles. The molecule has 2 rings (SSSR count). The number of hydrogen-bond donors (Lipinski definition) is 0. The van der Waals surface area contributed by atoms with Crippen LogP contribution in [0.1, 0.15) is 12.5 Å². The normalized spacial score (nSPS) is 11.1. The summed E-state index contributed by atoms with van der Waals surface area (Å²) in [5, 5.41) is 11.5. The van der Waals surface area contributed by atoms with Gasteiger partial charge in [-0.05, 0) is 49.1 Å². The lowest BCUT2D eigenvalue weighted by Crippen LogP contribution is -1.99. The molecule has 0 atom stereocenters. The van der Waals surface area contributed by atoms with Crippen LogP contribution < -0.4 is 14.2 Å². The van der Waals surface area contributed by atoms with Gasteiger partial charge in [0.2, 0.25) is 11.5 Å². The fraction of sp³-hybridized carbons (Fsp3) is 0.211. The van der Waals surface area contributed by atoms with E-state index in [0.29, 0.717) is 20.7 Å². The molecule has 0 heterocycles. The number of ether oxygens (including phenoxy) is 3. The van der Waals surface area contributed by atoms with Crippen LogP contribution in [0.25, 0.3) is 6.08 Å². The molecule has 0 unspecified atom stereocenters. The zero-order valence-electron chi connectivity index (χ0n) is 15.6. The monoisotopic (exact) mass is 467 g/mol. The molecule has 0 aliphatic heterocycles. The van der Waals surface area contributed by atoms with Gasteiger partial charge in [0.1, 0.15) is 0 Å². The number of nitro benzene ring substituents is 1. The predicted octanol–water partition coefficient (Wildman–Crippen LogP) is 5.46. The molecule has 0 aliphatic rings. The summed E-state index contributed by atoms with van der Waals surface area (Å²) in [4.78, 5) is 23.2. The molecule has 0 aliphatic carbocycles. The number of carbonyl (C=O) groups is 1. The van der Waals surface area contributed by atoms with E-state index in [4.69, 9.17) is 14.2 Å². The van der Waals surface area contributed by atoms with Gasteiger partial charge in [-0.1, -0.05) is 22.0 Å². The van der Waals surface area contributed by atoms with Crippen molar-refractivity contribution >= 4 is 45.2 Å². The summed E-state index contributed by atoms with van der Waals surface area (Å²) in [6, 6.07) is 7.86. The zero-order chi connectivity index (χ0) is 20.8. The van der Waals surface area contributed by atoms with E-state index in [1.165, 1.54) is 45.0 Å². The van der Waals surface area contributed by atoms with E-state index in [2.05, 4.69) is 15.9 Å². The molecule has 28 heavy (non-hydrogen) atoms. The highest BCUT2D eigenvalue weighted by Crippen LogP contribution is 2.43. The van der Waals surface area contributed by atoms with Crippen LogP contribution >= 0.6 is 27.7 Å². The quantitative estimate of drug-likeness (QED) is 0.289. The summed E-state index contributed by atoms with van der Waals surface area (Å²) in [5.41, 5.74) is 0.376. The number of benzene rings is 2. The summed E-state index contributed by atoms with van der Waals surface area (Å²) < 4.78 is 16.9. The highest BCUT2D eigenvalue weighted by molar-refractivity contribution is 9.10. The van der Waals surface area contributed by atoms with Crippen molar-refractivity contribution in [2.24, 2.45) is 0 Å². The van der Waals surface area contributed by atoms with Gasteiger partial charge in [0.05, 0.1) is 24.0 Å². The van der Waals surface area contributed by atoms with Gasteiger partial charge >= 0.3 is 5.69 Å². The van der Waals surface area contributed by atoms with Crippen molar-refractivity contribution in [3.8, 4) is 23.0 Å². The molecule has 0 bridgehead atoms. The van der Waals surface area contributed by atoms with E-state index >= 15 is 0 Å². The molecule has 0 amide bonds. The minimum atomic E-state index is -0.568. The van der Waals surface area contributed by atoms with Crippen molar-refractivity contribution in [1.82, 2.24) is 0 Å². The van der Waals surface area contributed by atoms with Crippen LogP contribution in [0, 0.1) is 10.1 Å². The molecular formula is C19H18BrNO6S. The zero-order valence-corrected chi connectivity index (χ0v) is 18.0. The molecule has 0 fully saturated rings. The van der Waals surface area contributed by atoms with E-state index < -0.39 is 4.92 Å². The van der Waals surface area contributed by atoms with E-state index in [0.717, 1.165) is 0 Å². The van der Waals surface area contributed by atoms with Gasteiger partial charge < -0.3 is 14.2 Å². The number of allylic oxidation sites excluding steroid dienone is 1. The van der Waals surface area contributed by atoms with Crippen LogP contribution in [0.4, 0.5) is 5.69 Å². The summed E-state index contributed by atoms with van der Waals surface area (Å²) in [7, 11) is 2.81. The minimum absolute atomic E-state index is 0.0107. The molecule has 2 aromatic carbocycles. The number of carbonyl (C=O) groups excluding carboxylic acids is 1. The van der Waals surface area contributed by atoms with E-state index in [1.807, 2.05) is 6.26 Å². The number of hydrogen-bond acceptors (Lipinski definition) is 7. The maximum absolute atomic E-state index is 11.7. The Hall–Kier alpha value is -2.52. The molecular weight excluding hydrogens is 450 g/mol. The van der Waals surface area contributed by atoms with Crippen molar-refractivity contribution in [3.63, 3.8) is 0 Å². The Kier molecular flexibility index (Phi) is 7.47. The lowest BCUT2D eigenvalue weighted by atomic mass is 10.1. The third-order valence-corrected chi connectivity index (χ3v) is 5.25. The average Bonchev–Trinajstić information content (AvgIpc) is 2.66. The Morgan fingerprint density at radius 3 is 2.32 bits per heavy atom. The van der Waals surface area contributed by atoms with Crippen LogP contribution in [0.3, 0.4) is 0 Å². The van der Waals surface area contributed by atoms with Crippen molar-refractivity contribution in [1.29, 1.82) is 0 Å². The Morgan fingerprint density at radius 2 is 1.79 bits per heavy atom. The first-order valence-corrected chi connectivity index (χ1v) is 9.97. The molecule has 0 aromatic heterocycles. The Balaban J connectivity index is 2.59. The maximum Gasteiger partial charge on any atom is 0.352 e. The number of thioether (sulfide) groups is 1. The standard InChI is InChI=1S/C19H18BrNO6S/c1-11(22)18(28-4)9-12-8-17(16(26-3)10-13(12)20)27-15-7-5-6-14(25-2)19(15)21(23)24/h5-10H,1-4H3/b18-9-. The highest BCUT2D eigenvalue weighted by atomic mass is 79.9. The second kappa shape index (κ2) is 9.61. The van der Waals surface area contributed by atoms with Crippen molar-refractivity contribution in [2.75, 3.05) is 20.5 Å². The molecule has 7 nitrogen and oxygen atoms in total. The fourth-order valence-electron chi connectivity index (χ4n) is 2.39. The predicted molar refractivity (Wildman–Crippen MR) is 113 cm³/mol. The summed E-state index contributed by atoms with van der Waals surface area (Å²) in [6.45, 7) is 1.48. The van der Waals surface area contributed by atoms with Crippen LogP contribution in [0.5, 0.6) is 23.0 Å². The third kappa shape index (κ3) is 4.85. The molecule has 0 saturated heterocycles. The summed E-state index contributed by atoms with van der Waals surface area (Å²) >= 11 is 4.77. The van der Waals surface area contributed by atoms with Crippen molar-refractivity contribution in [2.45, 2.75) is 6.92 Å². The van der Waals surface area contributed by atoms with E-state index in [-0.39, 0.29) is 28.7 Å². The fourth-order valence-corrected chi connectivity index (χ4v) is 3.36. The van der Waals surface area contributed by atoms with Gasteiger partial charge in [-0.15, -0.1) is 11.8 Å². The van der Waals surface area contributed by atoms with Crippen LogP contribution in [0.15, 0.2) is 39.7 Å². The number of nitrogens with zero attached hydrogens (tertiary/aromatic N) is 1. The second-order valence-corrected chi connectivity index (χ2v) is 7.16. The number of ketones is 1. The van der Waals surface area contributed by atoms with E-state index in [1.54, 1.807) is 24.3 Å². The largest absolute Gasteiger partial charge is 0.493 e. The van der Waals surface area contributed by atoms with Gasteiger partial charge in [-0.25, -0.2) is 0 Å². The average molecular weight is 468 g/mol. The number of rotatable bonds is 8. The van der Waals surface area contributed by atoms with Gasteiger partial charge in [-0.2, -0.15) is 0 Å². The summed E-state index contributed by atoms with van der Waals surface area (Å²) in [6.07, 6.45) is 3.52. The Labute approximate surface area is 174 Å². The summed E-state index contributed by atoms with van der Waals surface area (Å²) in [5.74, 6) is 0.657. The SMILES string of the molecule is COc1cc(Br)c(/C=C(\SC)C(C)=O)cc1Oc1cccc(OC)c1[N+](=O)[O-]. The first-order valence-electron chi connectivity index (χ1n) is 7.95. The topological polar surface area (TPSA) is 87.9 Å². The lowest BCUT2D eigenvalue weighted by Gasteiger charge is -2.14. The third-order valence-electron chi connectivity index (χ3n) is 3.72. The van der Waals surface area contributed by atoms with Gasteiger partial charge in [-0.3, -0.25) is 14.9 Å². The smallest absolute Gasteiger partial charge is 0.352 e. The highest BCUT2D eigenvalue weighted by Gasteiger charge is 2.23. The van der Waals surface area contributed by atoms with Gasteiger partial charge in [0, 0.05) is 4.47 Å². The van der Waals surface area contributed by atoms with Crippen LogP contribution in [0.2, 0.25) is 0 Å².